The molecule has 0 aromatic heterocycles. The zero-order valence-electron chi connectivity index (χ0n) is 16.6. The first-order valence-electron chi connectivity index (χ1n) is 9.70. The van der Waals surface area contributed by atoms with Gasteiger partial charge in [0.1, 0.15) is 6.04 Å². The van der Waals surface area contributed by atoms with Crippen molar-refractivity contribution in [2.45, 2.75) is 39.3 Å². The number of thioether (sulfide) groups is 1. The summed E-state index contributed by atoms with van der Waals surface area (Å²) in [4.78, 5) is 26.1. The highest BCUT2D eigenvalue weighted by atomic mass is 32.2. The number of hydrogen-bond donors (Lipinski definition) is 1. The van der Waals surface area contributed by atoms with E-state index in [2.05, 4.69) is 0 Å². The van der Waals surface area contributed by atoms with E-state index < -0.39 is 12.0 Å². The summed E-state index contributed by atoms with van der Waals surface area (Å²) >= 11 is 1.30. The van der Waals surface area contributed by atoms with Gasteiger partial charge in [0.25, 0.3) is 0 Å². The summed E-state index contributed by atoms with van der Waals surface area (Å²) in [6.45, 7) is 5.34. The van der Waals surface area contributed by atoms with Gasteiger partial charge in [-0.15, -0.1) is 0 Å². The van der Waals surface area contributed by atoms with Crippen LogP contribution in [0.25, 0.3) is 0 Å². The Hall–Kier alpha value is -2.11. The fourth-order valence-corrected chi connectivity index (χ4v) is 3.87. The number of hydrogen-bond acceptors (Lipinski definition) is 4. The monoisotopic (exact) mass is 399 g/mol. The Morgan fingerprint density at radius 1 is 1.00 bits per heavy atom. The largest absolute Gasteiger partial charge is 0.480 e. The molecule has 4 nitrogen and oxygen atoms in total. The van der Waals surface area contributed by atoms with E-state index in [9.17, 15) is 14.7 Å². The smallest absolute Gasteiger partial charge is 0.320 e. The highest BCUT2D eigenvalue weighted by Gasteiger charge is 2.26. The van der Waals surface area contributed by atoms with E-state index >= 15 is 0 Å². The molecule has 0 heterocycles. The number of aliphatic carboxylic acids is 1. The van der Waals surface area contributed by atoms with E-state index in [0.717, 1.165) is 12.0 Å². The van der Waals surface area contributed by atoms with Gasteiger partial charge < -0.3 is 5.11 Å². The molecule has 2 rings (SSSR count). The molecule has 0 bridgehead atoms. The molecular formula is C23H29NO3S. The molecule has 28 heavy (non-hydrogen) atoms. The van der Waals surface area contributed by atoms with Crippen LogP contribution in [0.4, 0.5) is 0 Å². The predicted molar refractivity (Wildman–Crippen MR) is 116 cm³/mol. The summed E-state index contributed by atoms with van der Waals surface area (Å²) in [7, 11) is 0. The average Bonchev–Trinajstić information content (AvgIpc) is 2.69. The molecule has 0 saturated carbocycles. The third kappa shape index (κ3) is 7.49. The van der Waals surface area contributed by atoms with Crippen molar-refractivity contribution in [2.24, 2.45) is 5.92 Å². The highest BCUT2D eigenvalue weighted by molar-refractivity contribution is 8.14. The molecule has 150 valence electrons. The predicted octanol–water partition coefficient (Wildman–Crippen LogP) is 4.95. The number of benzene rings is 2. The molecule has 1 atom stereocenters. The van der Waals surface area contributed by atoms with Crippen LogP contribution >= 0.6 is 11.8 Å². The van der Waals surface area contributed by atoms with Gasteiger partial charge in [-0.1, -0.05) is 86.3 Å². The van der Waals surface area contributed by atoms with Crippen molar-refractivity contribution in [3.63, 3.8) is 0 Å². The van der Waals surface area contributed by atoms with Crippen LogP contribution in [0.3, 0.4) is 0 Å². The van der Waals surface area contributed by atoms with Gasteiger partial charge in [-0.25, -0.2) is 0 Å². The molecule has 2 aromatic rings. The summed E-state index contributed by atoms with van der Waals surface area (Å²) in [5.74, 6) is 0.193. The maximum atomic E-state index is 12.2. The minimum Gasteiger partial charge on any atom is -0.480 e. The molecular weight excluding hydrogens is 370 g/mol. The quantitative estimate of drug-likeness (QED) is 0.542. The first-order chi connectivity index (χ1) is 13.5. The number of nitrogens with zero attached hydrogens (tertiary/aromatic N) is 1. The van der Waals surface area contributed by atoms with Crippen LogP contribution in [-0.2, 0) is 11.3 Å². The van der Waals surface area contributed by atoms with Crippen molar-refractivity contribution >= 4 is 22.8 Å². The van der Waals surface area contributed by atoms with E-state index in [1.54, 1.807) is 0 Å². The van der Waals surface area contributed by atoms with Crippen LogP contribution < -0.4 is 0 Å². The lowest BCUT2D eigenvalue weighted by Gasteiger charge is -2.30. The number of carbonyl (C=O) groups excluding carboxylic acids is 1. The van der Waals surface area contributed by atoms with Crippen LogP contribution in [0.2, 0.25) is 0 Å². The molecule has 2 aromatic carbocycles. The molecule has 0 spiro atoms. The molecule has 1 N–H and O–H groups in total. The van der Waals surface area contributed by atoms with E-state index in [0.29, 0.717) is 36.7 Å². The second kappa shape index (κ2) is 11.7. The molecule has 0 unspecified atom stereocenters. The van der Waals surface area contributed by atoms with Gasteiger partial charge in [-0.2, -0.15) is 0 Å². The Morgan fingerprint density at radius 2 is 1.61 bits per heavy atom. The lowest BCUT2D eigenvalue weighted by atomic mass is 10.0. The van der Waals surface area contributed by atoms with Gasteiger partial charge in [0, 0.05) is 24.4 Å². The second-order valence-corrected chi connectivity index (χ2v) is 8.36. The van der Waals surface area contributed by atoms with Crippen molar-refractivity contribution in [2.75, 3.05) is 12.3 Å². The van der Waals surface area contributed by atoms with E-state index in [1.807, 2.05) is 79.4 Å². The highest BCUT2D eigenvalue weighted by Crippen LogP contribution is 2.18. The van der Waals surface area contributed by atoms with Gasteiger partial charge >= 0.3 is 5.97 Å². The Labute approximate surface area is 172 Å². The zero-order valence-corrected chi connectivity index (χ0v) is 17.4. The number of carboxylic acids is 1. The summed E-state index contributed by atoms with van der Waals surface area (Å²) in [6.07, 6.45) is 1.37. The molecule has 0 aliphatic carbocycles. The fourth-order valence-electron chi connectivity index (χ4n) is 3.11. The molecule has 0 amide bonds. The Bertz CT molecular complexity index is 734. The lowest BCUT2D eigenvalue weighted by Crippen LogP contribution is -2.42. The topological polar surface area (TPSA) is 57.6 Å². The zero-order chi connectivity index (χ0) is 20.4. The van der Waals surface area contributed by atoms with Crippen LogP contribution in [-0.4, -0.2) is 39.4 Å². The third-order valence-corrected chi connectivity index (χ3v) is 5.47. The van der Waals surface area contributed by atoms with Gasteiger partial charge in [0.15, 0.2) is 0 Å². The Morgan fingerprint density at radius 3 is 2.18 bits per heavy atom. The number of rotatable bonds is 11. The summed E-state index contributed by atoms with van der Waals surface area (Å²) in [5.41, 5.74) is 1.81. The first-order valence-corrected chi connectivity index (χ1v) is 10.7. The minimum atomic E-state index is -0.780. The fraction of sp³-hybridized carbons (Fsp3) is 0.391. The van der Waals surface area contributed by atoms with Crippen LogP contribution in [0, 0.1) is 5.92 Å². The maximum Gasteiger partial charge on any atom is 0.320 e. The molecule has 0 fully saturated rings. The van der Waals surface area contributed by atoms with Crippen molar-refractivity contribution < 1.29 is 14.7 Å². The van der Waals surface area contributed by atoms with Crippen molar-refractivity contribution in [1.29, 1.82) is 0 Å². The average molecular weight is 400 g/mol. The van der Waals surface area contributed by atoms with Crippen molar-refractivity contribution in [3.05, 3.63) is 71.8 Å². The van der Waals surface area contributed by atoms with Crippen LogP contribution in [0.5, 0.6) is 0 Å². The molecule has 5 heteroatoms. The minimum absolute atomic E-state index is 0.0622. The first kappa shape index (κ1) is 22.2. The Balaban J connectivity index is 1.96. The summed E-state index contributed by atoms with van der Waals surface area (Å²) < 4.78 is 0. The SMILES string of the molecule is CC(C)C[C@@H](C(=O)O)N(CCCSC(=O)c1ccccc1)Cc1ccccc1. The summed E-state index contributed by atoms with van der Waals surface area (Å²) in [5, 5.41) is 9.83. The van der Waals surface area contributed by atoms with Gasteiger partial charge in [0.05, 0.1) is 0 Å². The summed E-state index contributed by atoms with van der Waals surface area (Å²) in [6, 6.07) is 18.7. The van der Waals surface area contributed by atoms with E-state index in [-0.39, 0.29) is 5.12 Å². The molecule has 0 aliphatic heterocycles. The van der Waals surface area contributed by atoms with E-state index in [1.165, 1.54) is 11.8 Å². The van der Waals surface area contributed by atoms with Gasteiger partial charge in [0.2, 0.25) is 5.12 Å². The third-order valence-electron chi connectivity index (χ3n) is 4.48. The number of carbonyl (C=O) groups is 2. The normalized spacial score (nSPS) is 12.3. The second-order valence-electron chi connectivity index (χ2n) is 7.30. The van der Waals surface area contributed by atoms with Crippen LogP contribution in [0.15, 0.2) is 60.7 Å². The van der Waals surface area contributed by atoms with E-state index in [4.69, 9.17) is 0 Å². The molecule has 0 aliphatic rings. The number of carboxylic acid groups (broad SMARTS) is 1. The lowest BCUT2D eigenvalue weighted by molar-refractivity contribution is -0.144. The van der Waals surface area contributed by atoms with Crippen molar-refractivity contribution in [3.8, 4) is 0 Å². The van der Waals surface area contributed by atoms with Gasteiger partial charge in [-0.05, 0) is 24.3 Å². The molecule has 0 radical (unpaired) electrons. The van der Waals surface area contributed by atoms with Crippen LogP contribution in [0.1, 0.15) is 42.6 Å². The van der Waals surface area contributed by atoms with Crippen molar-refractivity contribution in [1.82, 2.24) is 4.90 Å². The Kier molecular flexibility index (Phi) is 9.24. The molecule has 0 saturated heterocycles. The van der Waals surface area contributed by atoms with Gasteiger partial charge in [-0.3, -0.25) is 14.5 Å². The standard InChI is InChI=1S/C23H29NO3S/c1-18(2)16-21(22(25)26)24(17-19-10-5-3-6-11-19)14-9-15-28-23(27)20-12-7-4-8-13-20/h3-8,10-13,18,21H,9,14-17H2,1-2H3,(H,25,26)/t21-/m0/s1. The maximum absolute atomic E-state index is 12.2.